The summed E-state index contributed by atoms with van der Waals surface area (Å²) in [5.74, 6) is 0. The maximum Gasteiger partial charge on any atom is 0.0235 e. The Labute approximate surface area is 98.9 Å². The van der Waals surface area contributed by atoms with Crippen LogP contribution in [0.4, 0.5) is 0 Å². The molecule has 0 aliphatic carbocycles. The molecule has 0 unspecified atom stereocenters. The number of piperazine rings is 1. The van der Waals surface area contributed by atoms with Gasteiger partial charge < -0.3 is 0 Å². The van der Waals surface area contributed by atoms with E-state index in [-0.39, 0.29) is 0 Å². The van der Waals surface area contributed by atoms with Gasteiger partial charge in [0.15, 0.2) is 0 Å². The predicted molar refractivity (Wildman–Crippen MR) is 68.4 cm³/mol. The third-order valence-electron chi connectivity index (χ3n) is 3.68. The van der Waals surface area contributed by atoms with Crippen molar-refractivity contribution < 1.29 is 0 Å². The Morgan fingerprint density at radius 1 is 1.06 bits per heavy atom. The highest BCUT2D eigenvalue weighted by Gasteiger charge is 2.25. The lowest BCUT2D eigenvalue weighted by atomic mass is 10.1. The molecule has 2 nitrogen and oxygen atoms in total. The summed E-state index contributed by atoms with van der Waals surface area (Å²) >= 11 is 0. The minimum absolute atomic E-state index is 0.660. The molecule has 1 fully saturated rings. The van der Waals surface area contributed by atoms with Gasteiger partial charge in [0, 0.05) is 31.7 Å². The van der Waals surface area contributed by atoms with Gasteiger partial charge in [0.25, 0.3) is 0 Å². The van der Waals surface area contributed by atoms with E-state index in [2.05, 4.69) is 61.0 Å². The van der Waals surface area contributed by atoms with Crippen molar-refractivity contribution in [3.8, 4) is 0 Å². The molecule has 0 radical (unpaired) electrons. The Balaban J connectivity index is 1.97. The highest BCUT2D eigenvalue weighted by Crippen LogP contribution is 2.15. The van der Waals surface area contributed by atoms with Gasteiger partial charge in [-0.05, 0) is 26.5 Å². The van der Waals surface area contributed by atoms with Gasteiger partial charge in [-0.15, -0.1) is 0 Å². The van der Waals surface area contributed by atoms with Crippen LogP contribution in [-0.4, -0.2) is 42.0 Å². The molecule has 2 heteroatoms. The average Bonchev–Trinajstić information content (AvgIpc) is 2.27. The highest BCUT2D eigenvalue weighted by molar-refractivity contribution is 5.14. The van der Waals surface area contributed by atoms with Crippen molar-refractivity contribution in [1.82, 2.24) is 9.80 Å². The van der Waals surface area contributed by atoms with Crippen molar-refractivity contribution in [1.29, 1.82) is 0 Å². The molecule has 0 aromatic heterocycles. The van der Waals surface area contributed by atoms with Gasteiger partial charge in [-0.25, -0.2) is 0 Å². The van der Waals surface area contributed by atoms with Gasteiger partial charge in [-0.2, -0.15) is 0 Å². The molecule has 1 saturated heterocycles. The Kier molecular flexibility index (Phi) is 3.62. The summed E-state index contributed by atoms with van der Waals surface area (Å²) in [6, 6.07) is 12.1. The maximum atomic E-state index is 2.56. The first-order valence-corrected chi connectivity index (χ1v) is 6.15. The van der Waals surface area contributed by atoms with Crippen LogP contribution in [0.25, 0.3) is 0 Å². The van der Waals surface area contributed by atoms with Gasteiger partial charge in [0.2, 0.25) is 0 Å². The molecule has 1 aromatic carbocycles. The smallest absolute Gasteiger partial charge is 0.0235 e. The monoisotopic (exact) mass is 218 g/mol. The molecule has 0 N–H and O–H groups in total. The van der Waals surface area contributed by atoms with E-state index in [4.69, 9.17) is 0 Å². The van der Waals surface area contributed by atoms with Crippen LogP contribution in [0.2, 0.25) is 0 Å². The molecule has 1 heterocycles. The van der Waals surface area contributed by atoms with E-state index < -0.39 is 0 Å². The molecule has 1 aromatic rings. The maximum absolute atomic E-state index is 2.56. The minimum Gasteiger partial charge on any atom is -0.298 e. The largest absolute Gasteiger partial charge is 0.298 e. The molecule has 1 aliphatic heterocycles. The van der Waals surface area contributed by atoms with E-state index in [1.807, 2.05) is 0 Å². The molecule has 0 spiro atoms. The zero-order valence-electron chi connectivity index (χ0n) is 10.6. The molecule has 88 valence electrons. The van der Waals surface area contributed by atoms with Crippen LogP contribution in [-0.2, 0) is 6.54 Å². The van der Waals surface area contributed by atoms with E-state index >= 15 is 0 Å². The van der Waals surface area contributed by atoms with Crippen molar-refractivity contribution in [2.24, 2.45) is 0 Å². The molecular weight excluding hydrogens is 196 g/mol. The summed E-state index contributed by atoms with van der Waals surface area (Å²) in [7, 11) is 2.23. The molecular formula is C14H22N2. The van der Waals surface area contributed by atoms with Crippen molar-refractivity contribution in [2.45, 2.75) is 32.5 Å². The van der Waals surface area contributed by atoms with E-state index in [1.54, 1.807) is 0 Å². The van der Waals surface area contributed by atoms with Gasteiger partial charge in [-0.1, -0.05) is 30.3 Å². The van der Waals surface area contributed by atoms with Crippen LogP contribution in [0.5, 0.6) is 0 Å². The fraction of sp³-hybridized carbons (Fsp3) is 0.571. The Hall–Kier alpha value is -0.860. The van der Waals surface area contributed by atoms with Crippen LogP contribution in [0.1, 0.15) is 19.4 Å². The summed E-state index contributed by atoms with van der Waals surface area (Å²) in [6.07, 6.45) is 0. The Bertz CT molecular complexity index is 311. The molecule has 1 aliphatic rings. The first kappa shape index (κ1) is 11.6. The summed E-state index contributed by atoms with van der Waals surface area (Å²) in [6.45, 7) is 8.07. The van der Waals surface area contributed by atoms with E-state index in [9.17, 15) is 0 Å². The van der Waals surface area contributed by atoms with E-state index in [0.717, 1.165) is 6.54 Å². The Morgan fingerprint density at radius 3 is 2.19 bits per heavy atom. The number of hydrogen-bond donors (Lipinski definition) is 0. The topological polar surface area (TPSA) is 6.48 Å². The second-order valence-corrected chi connectivity index (χ2v) is 5.04. The van der Waals surface area contributed by atoms with E-state index in [1.165, 1.54) is 18.7 Å². The third-order valence-corrected chi connectivity index (χ3v) is 3.68. The van der Waals surface area contributed by atoms with Crippen LogP contribution in [0, 0.1) is 0 Å². The number of rotatable bonds is 2. The second-order valence-electron chi connectivity index (χ2n) is 5.04. The Morgan fingerprint density at radius 2 is 1.62 bits per heavy atom. The predicted octanol–water partition coefficient (Wildman–Crippen LogP) is 2.21. The van der Waals surface area contributed by atoms with Gasteiger partial charge in [0.1, 0.15) is 0 Å². The summed E-state index contributed by atoms with van der Waals surface area (Å²) in [5.41, 5.74) is 1.42. The number of nitrogens with zero attached hydrogens (tertiary/aromatic N) is 2. The van der Waals surface area contributed by atoms with Gasteiger partial charge >= 0.3 is 0 Å². The molecule has 0 saturated carbocycles. The SMILES string of the molecule is C[C@@H]1CN(Cc2ccccc2)C[C@@H](C)N1C. The zero-order chi connectivity index (χ0) is 11.5. The van der Waals surface area contributed by atoms with Crippen LogP contribution in [0.15, 0.2) is 30.3 Å². The van der Waals surface area contributed by atoms with Crippen molar-refractivity contribution >= 4 is 0 Å². The lowest BCUT2D eigenvalue weighted by Crippen LogP contribution is -2.54. The standard InChI is InChI=1S/C14H22N2/c1-12-9-16(10-13(2)15(12)3)11-14-7-5-4-6-8-14/h4-8,12-13H,9-11H2,1-3H3/t12-,13-/m1/s1. The summed E-state index contributed by atoms with van der Waals surface area (Å²) < 4.78 is 0. The lowest BCUT2D eigenvalue weighted by molar-refractivity contribution is 0.0556. The number of hydrogen-bond acceptors (Lipinski definition) is 2. The quantitative estimate of drug-likeness (QED) is 0.751. The summed E-state index contributed by atoms with van der Waals surface area (Å²) in [5, 5.41) is 0. The third kappa shape index (κ3) is 2.63. The van der Waals surface area contributed by atoms with Gasteiger partial charge in [0.05, 0.1) is 0 Å². The average molecular weight is 218 g/mol. The zero-order valence-corrected chi connectivity index (χ0v) is 10.6. The number of likely N-dealkylation sites (N-methyl/N-ethyl adjacent to an activating group) is 1. The molecule has 0 bridgehead atoms. The first-order valence-electron chi connectivity index (χ1n) is 6.15. The first-order chi connectivity index (χ1) is 7.66. The fourth-order valence-electron chi connectivity index (χ4n) is 2.48. The lowest BCUT2D eigenvalue weighted by Gasteiger charge is -2.42. The van der Waals surface area contributed by atoms with E-state index in [0.29, 0.717) is 12.1 Å². The fourth-order valence-corrected chi connectivity index (χ4v) is 2.48. The van der Waals surface area contributed by atoms with Crippen molar-refractivity contribution in [3.05, 3.63) is 35.9 Å². The minimum atomic E-state index is 0.660. The molecule has 2 atom stereocenters. The van der Waals surface area contributed by atoms with Crippen LogP contribution >= 0.6 is 0 Å². The number of benzene rings is 1. The summed E-state index contributed by atoms with van der Waals surface area (Å²) in [4.78, 5) is 5.03. The molecule has 16 heavy (non-hydrogen) atoms. The highest BCUT2D eigenvalue weighted by atomic mass is 15.3. The molecule has 2 rings (SSSR count). The molecule has 0 amide bonds. The van der Waals surface area contributed by atoms with Crippen molar-refractivity contribution in [2.75, 3.05) is 20.1 Å². The second kappa shape index (κ2) is 4.98. The normalized spacial score (nSPS) is 28.2. The van der Waals surface area contributed by atoms with Crippen molar-refractivity contribution in [3.63, 3.8) is 0 Å². The van der Waals surface area contributed by atoms with Crippen LogP contribution in [0.3, 0.4) is 0 Å². The van der Waals surface area contributed by atoms with Gasteiger partial charge in [-0.3, -0.25) is 9.80 Å². The van der Waals surface area contributed by atoms with Crippen LogP contribution < -0.4 is 0 Å².